The zero-order valence-corrected chi connectivity index (χ0v) is 13.0. The first-order valence-electron chi connectivity index (χ1n) is 7.16. The van der Waals surface area contributed by atoms with E-state index in [1.54, 1.807) is 0 Å². The van der Waals surface area contributed by atoms with E-state index in [1.807, 2.05) is 34.6 Å². The minimum atomic E-state index is -0.658. The molecule has 0 fully saturated rings. The third-order valence-corrected chi connectivity index (χ3v) is 4.55. The molecule has 1 unspecified atom stereocenters. The summed E-state index contributed by atoms with van der Waals surface area (Å²) in [5.74, 6) is 1.78. The molecule has 0 saturated heterocycles. The highest BCUT2D eigenvalue weighted by Crippen LogP contribution is 2.29. The number of rotatable bonds is 4. The highest BCUT2D eigenvalue weighted by Gasteiger charge is 2.41. The summed E-state index contributed by atoms with van der Waals surface area (Å²) in [6.45, 7) is 10.3. The van der Waals surface area contributed by atoms with Gasteiger partial charge in [-0.15, -0.1) is 10.2 Å². The molecule has 0 radical (unpaired) electrons. The highest BCUT2D eigenvalue weighted by atomic mass is 16.2. The Kier molecular flexibility index (Phi) is 3.62. The van der Waals surface area contributed by atoms with E-state index in [0.717, 1.165) is 31.0 Å². The normalized spacial score (nSPS) is 16.9. The van der Waals surface area contributed by atoms with Gasteiger partial charge < -0.3 is 15.6 Å². The van der Waals surface area contributed by atoms with Crippen LogP contribution in [-0.2, 0) is 17.8 Å². The molecular formula is C14H25N5O. The number of hydrogen-bond donors (Lipinski definition) is 2. The van der Waals surface area contributed by atoms with Crippen LogP contribution in [0.4, 0.5) is 0 Å². The maximum atomic E-state index is 12.5. The summed E-state index contributed by atoms with van der Waals surface area (Å²) in [7, 11) is 0. The molecule has 3 N–H and O–H groups in total. The number of carbonyl (C=O) groups excluding carboxylic acids is 1. The predicted octanol–water partition coefficient (Wildman–Crippen LogP) is 1.16. The lowest BCUT2D eigenvalue weighted by molar-refractivity contribution is -0.133. The van der Waals surface area contributed by atoms with Crippen molar-refractivity contribution in [3.63, 3.8) is 0 Å². The molecule has 0 aliphatic carbocycles. The summed E-state index contributed by atoms with van der Waals surface area (Å²) in [4.78, 5) is 12.5. The lowest BCUT2D eigenvalue weighted by Crippen LogP contribution is -2.55. The van der Waals surface area contributed by atoms with Crippen molar-refractivity contribution in [2.45, 2.75) is 65.6 Å². The van der Waals surface area contributed by atoms with Gasteiger partial charge in [0, 0.05) is 18.5 Å². The van der Waals surface area contributed by atoms with Gasteiger partial charge in [-0.3, -0.25) is 4.79 Å². The molecule has 0 saturated carbocycles. The molecular weight excluding hydrogens is 254 g/mol. The standard InChI is InChI=1S/C14H25N5O/c1-9(11-18-17-10-7-6-8-19(10)11)16-12(20)13(2,3)14(4,5)15/h9H,6-8,15H2,1-5H3,(H,16,20). The van der Waals surface area contributed by atoms with Crippen molar-refractivity contribution in [2.24, 2.45) is 11.1 Å². The van der Waals surface area contributed by atoms with Crippen LogP contribution < -0.4 is 11.1 Å². The molecule has 1 aliphatic heterocycles. The van der Waals surface area contributed by atoms with Crippen molar-refractivity contribution in [1.29, 1.82) is 0 Å². The van der Waals surface area contributed by atoms with Crippen LogP contribution in [0.25, 0.3) is 0 Å². The van der Waals surface area contributed by atoms with E-state index in [4.69, 9.17) is 5.73 Å². The Morgan fingerprint density at radius 2 is 2.00 bits per heavy atom. The van der Waals surface area contributed by atoms with E-state index in [-0.39, 0.29) is 11.9 Å². The maximum Gasteiger partial charge on any atom is 0.228 e. The highest BCUT2D eigenvalue weighted by molar-refractivity contribution is 5.83. The van der Waals surface area contributed by atoms with Gasteiger partial charge in [-0.1, -0.05) is 0 Å². The van der Waals surface area contributed by atoms with Gasteiger partial charge in [0.25, 0.3) is 0 Å². The monoisotopic (exact) mass is 279 g/mol. The Hall–Kier alpha value is -1.43. The molecule has 1 aromatic heterocycles. The smallest absolute Gasteiger partial charge is 0.228 e. The van der Waals surface area contributed by atoms with Gasteiger partial charge in [0.2, 0.25) is 5.91 Å². The molecule has 1 atom stereocenters. The van der Waals surface area contributed by atoms with E-state index < -0.39 is 11.0 Å². The number of fused-ring (bicyclic) bond motifs is 1. The van der Waals surface area contributed by atoms with E-state index in [9.17, 15) is 4.79 Å². The van der Waals surface area contributed by atoms with Gasteiger partial charge in [0.15, 0.2) is 5.82 Å². The average Bonchev–Trinajstić information content (AvgIpc) is 2.87. The van der Waals surface area contributed by atoms with Crippen molar-refractivity contribution in [2.75, 3.05) is 0 Å². The first kappa shape index (κ1) is 15.0. The lowest BCUT2D eigenvalue weighted by Gasteiger charge is -2.37. The minimum Gasteiger partial charge on any atom is -0.346 e. The summed E-state index contributed by atoms with van der Waals surface area (Å²) in [5.41, 5.74) is 4.85. The molecule has 1 amide bonds. The Bertz CT molecular complexity index is 512. The SMILES string of the molecule is CC(NC(=O)C(C)(C)C(C)(C)N)c1nnc2n1CCC2. The first-order valence-corrected chi connectivity index (χ1v) is 7.16. The number of nitrogens with one attached hydrogen (secondary N) is 1. The van der Waals surface area contributed by atoms with Crippen LogP contribution in [0.3, 0.4) is 0 Å². The van der Waals surface area contributed by atoms with Gasteiger partial charge >= 0.3 is 0 Å². The molecule has 1 aliphatic rings. The van der Waals surface area contributed by atoms with E-state index in [2.05, 4.69) is 20.1 Å². The third kappa shape index (κ3) is 2.44. The summed E-state index contributed by atoms with van der Waals surface area (Å²) in [6, 6.07) is -0.163. The second kappa shape index (κ2) is 4.84. The number of amides is 1. The summed E-state index contributed by atoms with van der Waals surface area (Å²) in [5, 5.41) is 11.4. The maximum absolute atomic E-state index is 12.5. The molecule has 2 rings (SSSR count). The van der Waals surface area contributed by atoms with Gasteiger partial charge in [0.05, 0.1) is 11.5 Å². The predicted molar refractivity (Wildman–Crippen MR) is 76.9 cm³/mol. The van der Waals surface area contributed by atoms with E-state index in [0.29, 0.717) is 0 Å². The Labute approximate surface area is 120 Å². The lowest BCUT2D eigenvalue weighted by atomic mass is 9.74. The van der Waals surface area contributed by atoms with Gasteiger partial charge in [-0.2, -0.15) is 0 Å². The number of carbonyl (C=O) groups is 1. The summed E-state index contributed by atoms with van der Waals surface area (Å²) < 4.78 is 2.10. The Balaban J connectivity index is 2.12. The fraction of sp³-hybridized carbons (Fsp3) is 0.786. The van der Waals surface area contributed by atoms with E-state index >= 15 is 0 Å². The summed E-state index contributed by atoms with van der Waals surface area (Å²) >= 11 is 0. The van der Waals surface area contributed by atoms with Crippen molar-refractivity contribution < 1.29 is 4.79 Å². The molecule has 0 aromatic carbocycles. The zero-order chi connectivity index (χ0) is 15.1. The number of hydrogen-bond acceptors (Lipinski definition) is 4. The number of nitrogens with zero attached hydrogens (tertiary/aromatic N) is 3. The molecule has 0 bridgehead atoms. The Morgan fingerprint density at radius 3 is 2.60 bits per heavy atom. The molecule has 2 heterocycles. The second-order valence-corrected chi connectivity index (χ2v) is 6.77. The van der Waals surface area contributed by atoms with Crippen LogP contribution in [0.5, 0.6) is 0 Å². The fourth-order valence-corrected chi connectivity index (χ4v) is 2.23. The number of aromatic nitrogens is 3. The van der Waals surface area contributed by atoms with Crippen LogP contribution in [0, 0.1) is 5.41 Å². The Morgan fingerprint density at radius 1 is 1.35 bits per heavy atom. The molecule has 20 heavy (non-hydrogen) atoms. The fourth-order valence-electron chi connectivity index (χ4n) is 2.23. The van der Waals surface area contributed by atoms with Gasteiger partial charge in [0.1, 0.15) is 5.82 Å². The third-order valence-electron chi connectivity index (χ3n) is 4.55. The molecule has 6 nitrogen and oxygen atoms in total. The molecule has 6 heteroatoms. The van der Waals surface area contributed by atoms with Gasteiger partial charge in [-0.25, -0.2) is 0 Å². The number of nitrogens with two attached hydrogens (primary N) is 1. The van der Waals surface area contributed by atoms with Crippen LogP contribution in [0.15, 0.2) is 0 Å². The second-order valence-electron chi connectivity index (χ2n) is 6.77. The van der Waals surface area contributed by atoms with Crippen LogP contribution in [0.1, 0.15) is 58.7 Å². The van der Waals surface area contributed by atoms with Crippen molar-refractivity contribution in [1.82, 2.24) is 20.1 Å². The average molecular weight is 279 g/mol. The van der Waals surface area contributed by atoms with Gasteiger partial charge in [-0.05, 0) is 41.0 Å². The van der Waals surface area contributed by atoms with Crippen molar-refractivity contribution >= 4 is 5.91 Å². The number of aryl methyl sites for hydroxylation is 1. The quantitative estimate of drug-likeness (QED) is 0.866. The topological polar surface area (TPSA) is 85.8 Å². The zero-order valence-electron chi connectivity index (χ0n) is 13.0. The van der Waals surface area contributed by atoms with Crippen molar-refractivity contribution in [3.05, 3.63) is 11.6 Å². The summed E-state index contributed by atoms with van der Waals surface area (Å²) in [6.07, 6.45) is 2.06. The van der Waals surface area contributed by atoms with Crippen LogP contribution in [0.2, 0.25) is 0 Å². The minimum absolute atomic E-state index is 0.0622. The molecule has 112 valence electrons. The van der Waals surface area contributed by atoms with Crippen molar-refractivity contribution in [3.8, 4) is 0 Å². The largest absolute Gasteiger partial charge is 0.346 e. The molecule has 0 spiro atoms. The van der Waals surface area contributed by atoms with Crippen LogP contribution in [-0.4, -0.2) is 26.2 Å². The van der Waals surface area contributed by atoms with E-state index in [1.165, 1.54) is 0 Å². The van der Waals surface area contributed by atoms with Crippen LogP contribution >= 0.6 is 0 Å². The first-order chi connectivity index (χ1) is 9.14. The molecule has 1 aromatic rings.